The molecule has 3 heterocycles. The Kier molecular flexibility index (Phi) is 11.3. The molecule has 0 radical (unpaired) electrons. The van der Waals surface area contributed by atoms with Crippen LogP contribution in [0.2, 0.25) is 0 Å². The van der Waals surface area contributed by atoms with E-state index < -0.39 is 68.5 Å². The molecule has 3 saturated carbocycles. The van der Waals surface area contributed by atoms with Gasteiger partial charge >= 0.3 is 6.09 Å². The standard InChI is InChI=1S/C43H53N5O9S/c1-56-32-18-16-27(17-19-32)28-10-9-11-29(22-28)39(50)47-24-30-25-48-37(35(30)26-47)38(49)45-43(41(52)46-58(54,55)34-20-21-34)23-31(43)12-5-3-2-4-6-15-36(40(48)51)44-42(53)57-33-13-7-8-14-33/h5,9-12,16-19,22,30-31,33-37H,2-4,6-8,13-15,20-21,23-26H2,1H3,(H,44,53)(H,45,49)(H,46,52)/b12-5-/t30-,31-,35-,36-,37-,43+/m0/s1. The quantitative estimate of drug-likeness (QED) is 0.328. The lowest BCUT2D eigenvalue weighted by molar-refractivity contribution is -0.142. The Bertz CT molecular complexity index is 2060. The van der Waals surface area contributed by atoms with Gasteiger partial charge in [-0.25, -0.2) is 13.2 Å². The normalized spacial score (nSPS) is 29.5. The Morgan fingerprint density at radius 2 is 1.64 bits per heavy atom. The average molecular weight is 816 g/mol. The van der Waals surface area contributed by atoms with E-state index in [1.807, 2.05) is 54.6 Å². The fraction of sp³-hybridized carbons (Fsp3) is 0.558. The number of nitrogens with one attached hydrogen (secondary N) is 3. The van der Waals surface area contributed by atoms with Gasteiger partial charge in [0, 0.05) is 43.0 Å². The lowest BCUT2D eigenvalue weighted by Gasteiger charge is -2.33. The fourth-order valence-corrected chi connectivity index (χ4v) is 10.7. The summed E-state index contributed by atoms with van der Waals surface area (Å²) in [5.74, 6) is -2.46. The number of amides is 5. The number of carbonyl (C=O) groups excluding carboxylic acids is 5. The molecule has 310 valence electrons. The number of carbonyl (C=O) groups is 5. The van der Waals surface area contributed by atoms with Crippen LogP contribution in [-0.4, -0.2) is 104 Å². The Morgan fingerprint density at radius 3 is 2.38 bits per heavy atom. The van der Waals surface area contributed by atoms with Crippen molar-refractivity contribution in [1.82, 2.24) is 25.2 Å². The third-order valence-corrected chi connectivity index (χ3v) is 14.7. The van der Waals surface area contributed by atoms with Crippen molar-refractivity contribution in [3.05, 3.63) is 66.2 Å². The van der Waals surface area contributed by atoms with Crippen molar-refractivity contribution in [3.63, 3.8) is 0 Å². The first-order chi connectivity index (χ1) is 28.0. The topological polar surface area (TPSA) is 181 Å². The largest absolute Gasteiger partial charge is 0.497 e. The van der Waals surface area contributed by atoms with Gasteiger partial charge in [-0.1, -0.05) is 49.3 Å². The smallest absolute Gasteiger partial charge is 0.408 e. The lowest BCUT2D eigenvalue weighted by atomic mass is 9.93. The number of allylic oxidation sites excluding steroid dienone is 1. The first kappa shape index (κ1) is 39.9. The predicted molar refractivity (Wildman–Crippen MR) is 214 cm³/mol. The number of sulfonamides is 1. The molecule has 15 heteroatoms. The summed E-state index contributed by atoms with van der Waals surface area (Å²) < 4.78 is 39.1. The number of nitrogens with zero attached hydrogens (tertiary/aromatic N) is 2. The van der Waals surface area contributed by atoms with Crippen molar-refractivity contribution in [3.8, 4) is 16.9 Å². The maximum Gasteiger partial charge on any atom is 0.408 e. The van der Waals surface area contributed by atoms with Gasteiger partial charge in [0.15, 0.2) is 0 Å². The molecule has 2 aromatic carbocycles. The minimum atomic E-state index is -3.91. The summed E-state index contributed by atoms with van der Waals surface area (Å²) in [6.07, 6.45) is 10.9. The number of benzene rings is 2. The van der Waals surface area contributed by atoms with Crippen LogP contribution in [0.1, 0.15) is 87.4 Å². The molecule has 5 fully saturated rings. The summed E-state index contributed by atoms with van der Waals surface area (Å²) in [4.78, 5) is 73.8. The monoisotopic (exact) mass is 815 g/mol. The summed E-state index contributed by atoms with van der Waals surface area (Å²) >= 11 is 0. The highest BCUT2D eigenvalue weighted by Gasteiger charge is 2.63. The molecule has 2 aromatic rings. The Balaban J connectivity index is 1.07. The number of ether oxygens (including phenoxy) is 2. The number of fused-ring (bicyclic) bond motifs is 4. The van der Waals surface area contributed by atoms with Crippen LogP contribution in [-0.2, 0) is 29.1 Å². The van der Waals surface area contributed by atoms with Crippen molar-refractivity contribution in [2.45, 2.75) is 106 Å². The molecule has 58 heavy (non-hydrogen) atoms. The summed E-state index contributed by atoms with van der Waals surface area (Å²) in [7, 11) is -2.31. The Labute approximate surface area is 339 Å². The number of methoxy groups -OCH3 is 1. The first-order valence-electron chi connectivity index (χ1n) is 20.8. The number of hydrogen-bond donors (Lipinski definition) is 3. The van der Waals surface area contributed by atoms with Crippen molar-refractivity contribution in [2.24, 2.45) is 17.8 Å². The number of likely N-dealkylation sites (tertiary alicyclic amines) is 1. The molecule has 6 atom stereocenters. The van der Waals surface area contributed by atoms with E-state index in [1.54, 1.807) is 18.1 Å². The van der Waals surface area contributed by atoms with Gasteiger partial charge in [-0.05, 0) is 99.6 Å². The third kappa shape index (κ3) is 8.32. The van der Waals surface area contributed by atoms with Crippen LogP contribution in [0.3, 0.4) is 0 Å². The van der Waals surface area contributed by atoms with E-state index in [0.29, 0.717) is 44.2 Å². The van der Waals surface area contributed by atoms with E-state index >= 15 is 0 Å². The molecule has 0 bridgehead atoms. The molecular weight excluding hydrogens is 763 g/mol. The zero-order valence-electron chi connectivity index (χ0n) is 32.9. The second kappa shape index (κ2) is 16.4. The minimum Gasteiger partial charge on any atom is -0.497 e. The van der Waals surface area contributed by atoms with Crippen LogP contribution in [0, 0.1) is 17.8 Å². The van der Waals surface area contributed by atoms with Crippen LogP contribution in [0.25, 0.3) is 11.1 Å². The van der Waals surface area contributed by atoms with Gasteiger partial charge in [0.05, 0.1) is 12.4 Å². The molecule has 8 rings (SSSR count). The maximum atomic E-state index is 14.8. The third-order valence-electron chi connectivity index (χ3n) is 12.9. The second-order valence-corrected chi connectivity index (χ2v) is 18.9. The van der Waals surface area contributed by atoms with Crippen molar-refractivity contribution in [2.75, 3.05) is 26.7 Å². The van der Waals surface area contributed by atoms with E-state index in [-0.39, 0.29) is 37.4 Å². The van der Waals surface area contributed by atoms with E-state index in [2.05, 4.69) is 15.4 Å². The molecule has 0 aromatic heterocycles. The molecule has 2 saturated heterocycles. The van der Waals surface area contributed by atoms with Gasteiger partial charge in [-0.3, -0.25) is 23.9 Å². The van der Waals surface area contributed by atoms with Crippen LogP contribution in [0.5, 0.6) is 5.75 Å². The lowest BCUT2D eigenvalue weighted by Crippen LogP contribution is -2.60. The SMILES string of the molecule is COc1ccc(-c2cccc(C(=O)N3C[C@H]4CN5C(=O)[C@@H](NC(=O)OC6CCCC6)CCCCC/C=C\[C@H]6C[C@@]6(C(=O)NS(=O)(=O)C6CC6)NC(=O)[C@@H]5[C@H]4C3)c2)cc1. The molecule has 5 amide bonds. The molecule has 3 aliphatic heterocycles. The van der Waals surface area contributed by atoms with Gasteiger partial charge < -0.3 is 29.9 Å². The van der Waals surface area contributed by atoms with E-state index in [1.165, 1.54) is 4.90 Å². The van der Waals surface area contributed by atoms with Crippen LogP contribution in [0.4, 0.5) is 4.79 Å². The molecular formula is C43H53N5O9S. The van der Waals surface area contributed by atoms with Crippen molar-refractivity contribution in [1.29, 1.82) is 0 Å². The maximum absolute atomic E-state index is 14.8. The fourth-order valence-electron chi connectivity index (χ4n) is 9.37. The summed E-state index contributed by atoms with van der Waals surface area (Å²) in [6, 6.07) is 12.9. The zero-order chi connectivity index (χ0) is 40.6. The van der Waals surface area contributed by atoms with Crippen molar-refractivity contribution >= 4 is 39.7 Å². The van der Waals surface area contributed by atoms with E-state index in [0.717, 1.165) is 55.4 Å². The van der Waals surface area contributed by atoms with Gasteiger partial charge in [0.1, 0.15) is 29.5 Å². The average Bonchev–Trinajstić information content (AvgIpc) is 4.03. The zero-order valence-corrected chi connectivity index (χ0v) is 33.7. The molecule has 6 aliphatic rings. The highest BCUT2D eigenvalue weighted by atomic mass is 32.2. The molecule has 0 unspecified atom stereocenters. The summed E-state index contributed by atoms with van der Waals surface area (Å²) in [6.45, 7) is 0.631. The van der Waals surface area contributed by atoms with E-state index in [4.69, 9.17) is 9.47 Å². The Morgan fingerprint density at radius 1 is 0.879 bits per heavy atom. The van der Waals surface area contributed by atoms with Gasteiger partial charge in [0.25, 0.3) is 11.8 Å². The second-order valence-electron chi connectivity index (χ2n) is 16.9. The molecule has 14 nitrogen and oxygen atoms in total. The van der Waals surface area contributed by atoms with E-state index in [9.17, 15) is 32.4 Å². The predicted octanol–water partition coefficient (Wildman–Crippen LogP) is 4.30. The molecule has 0 spiro atoms. The van der Waals surface area contributed by atoms with Gasteiger partial charge in [-0.15, -0.1) is 0 Å². The summed E-state index contributed by atoms with van der Waals surface area (Å²) in [5.41, 5.74) is 0.747. The number of hydrogen-bond acceptors (Lipinski definition) is 9. The number of rotatable bonds is 8. The van der Waals surface area contributed by atoms with Crippen LogP contribution >= 0.6 is 0 Å². The molecule has 3 aliphatic carbocycles. The van der Waals surface area contributed by atoms with Crippen LogP contribution in [0.15, 0.2) is 60.7 Å². The van der Waals surface area contributed by atoms with Gasteiger partial charge in [0.2, 0.25) is 21.8 Å². The molecule has 3 N–H and O–H groups in total. The van der Waals surface area contributed by atoms with Crippen LogP contribution < -0.4 is 20.1 Å². The Hall–Kier alpha value is -4.92. The van der Waals surface area contributed by atoms with Crippen molar-refractivity contribution < 1.29 is 41.9 Å². The van der Waals surface area contributed by atoms with Gasteiger partial charge in [-0.2, -0.15) is 0 Å². The first-order valence-corrected chi connectivity index (χ1v) is 22.4. The highest BCUT2D eigenvalue weighted by molar-refractivity contribution is 7.91. The summed E-state index contributed by atoms with van der Waals surface area (Å²) in [5, 5.41) is 5.16. The minimum absolute atomic E-state index is 0.158. The highest BCUT2D eigenvalue weighted by Crippen LogP contribution is 2.47. The number of alkyl carbamates (subject to hydrolysis) is 1.